The summed E-state index contributed by atoms with van der Waals surface area (Å²) in [5.74, 6) is -2.31. The fourth-order valence-electron chi connectivity index (χ4n) is 0.896. The Balaban J connectivity index is 2.44. The molecule has 15 heavy (non-hydrogen) atoms. The lowest BCUT2D eigenvalue weighted by molar-refractivity contribution is -0.146. The normalized spacial score (nSPS) is 12.1. The Morgan fingerprint density at radius 2 is 2.33 bits per heavy atom. The van der Waals surface area contributed by atoms with Crippen molar-refractivity contribution in [2.75, 3.05) is 0 Å². The van der Waals surface area contributed by atoms with Crippen LogP contribution in [-0.2, 0) is 23.2 Å². The van der Waals surface area contributed by atoms with Gasteiger partial charge in [0, 0.05) is 7.05 Å². The van der Waals surface area contributed by atoms with E-state index in [1.165, 1.54) is 17.9 Å². The van der Waals surface area contributed by atoms with E-state index in [9.17, 15) is 9.59 Å². The molecule has 1 rings (SSSR count). The van der Waals surface area contributed by atoms with Gasteiger partial charge in [-0.1, -0.05) is 0 Å². The van der Waals surface area contributed by atoms with Gasteiger partial charge in [-0.2, -0.15) is 5.10 Å². The number of hydrogen-bond donors (Lipinski definition) is 2. The molecule has 82 valence electrons. The van der Waals surface area contributed by atoms with E-state index in [0.717, 1.165) is 0 Å². The number of nitrogens with one attached hydrogen (secondary N) is 1. The van der Waals surface area contributed by atoms with Crippen molar-refractivity contribution in [1.82, 2.24) is 20.1 Å². The van der Waals surface area contributed by atoms with Gasteiger partial charge >= 0.3 is 5.97 Å². The monoisotopic (exact) mass is 212 g/mol. The maximum atomic E-state index is 11.2. The average Bonchev–Trinajstić information content (AvgIpc) is 2.59. The lowest BCUT2D eigenvalue weighted by Crippen LogP contribution is -2.33. The summed E-state index contributed by atoms with van der Waals surface area (Å²) in [7, 11) is 1.71. The highest BCUT2D eigenvalue weighted by atomic mass is 16.4. The second kappa shape index (κ2) is 4.54. The van der Waals surface area contributed by atoms with Gasteiger partial charge in [-0.05, 0) is 6.92 Å². The lowest BCUT2D eigenvalue weighted by Gasteiger charge is -2.05. The minimum Gasteiger partial charge on any atom is -0.481 e. The number of carbonyl (C=O) groups is 2. The number of nitrogens with zero attached hydrogens (tertiary/aromatic N) is 3. The number of aryl methyl sites for hydroxylation is 1. The number of rotatable bonds is 4. The van der Waals surface area contributed by atoms with Crippen molar-refractivity contribution < 1.29 is 14.7 Å². The number of aromatic nitrogens is 3. The van der Waals surface area contributed by atoms with Gasteiger partial charge in [-0.3, -0.25) is 14.3 Å². The van der Waals surface area contributed by atoms with Crippen molar-refractivity contribution in [1.29, 1.82) is 0 Å². The summed E-state index contributed by atoms with van der Waals surface area (Å²) < 4.78 is 1.50. The van der Waals surface area contributed by atoms with Crippen molar-refractivity contribution in [3.05, 3.63) is 12.2 Å². The van der Waals surface area contributed by atoms with Crippen molar-refractivity contribution in [2.45, 2.75) is 13.5 Å². The topological polar surface area (TPSA) is 97.1 Å². The standard InChI is InChI=1S/C8H12N4O3/c1-5(8(14)15)7(13)9-3-6-10-4-12(2)11-6/h4-5H,3H2,1-2H3,(H,9,13)(H,14,15). The van der Waals surface area contributed by atoms with Crippen LogP contribution in [0.4, 0.5) is 0 Å². The fourth-order valence-corrected chi connectivity index (χ4v) is 0.896. The molecule has 0 aliphatic carbocycles. The number of amides is 1. The number of hydrogen-bond acceptors (Lipinski definition) is 4. The van der Waals surface area contributed by atoms with Gasteiger partial charge in [0.2, 0.25) is 5.91 Å². The Kier molecular flexibility index (Phi) is 3.37. The first-order valence-corrected chi connectivity index (χ1v) is 4.35. The molecule has 1 amide bonds. The summed E-state index contributed by atoms with van der Waals surface area (Å²) >= 11 is 0. The second-order valence-electron chi connectivity index (χ2n) is 3.11. The highest BCUT2D eigenvalue weighted by molar-refractivity contribution is 5.96. The van der Waals surface area contributed by atoms with Crippen molar-refractivity contribution in [3.63, 3.8) is 0 Å². The molecular formula is C8H12N4O3. The first kappa shape index (κ1) is 11.2. The first-order valence-electron chi connectivity index (χ1n) is 4.35. The Morgan fingerprint density at radius 3 is 2.80 bits per heavy atom. The van der Waals surface area contributed by atoms with E-state index in [4.69, 9.17) is 5.11 Å². The molecule has 7 heteroatoms. The van der Waals surface area contributed by atoms with Crippen LogP contribution in [0.25, 0.3) is 0 Å². The van der Waals surface area contributed by atoms with Crippen LogP contribution in [0.3, 0.4) is 0 Å². The first-order chi connectivity index (χ1) is 7.00. The van der Waals surface area contributed by atoms with Crippen LogP contribution in [-0.4, -0.2) is 31.7 Å². The molecule has 1 unspecified atom stereocenters. The predicted molar refractivity (Wildman–Crippen MR) is 49.6 cm³/mol. The van der Waals surface area contributed by atoms with Crippen molar-refractivity contribution in [2.24, 2.45) is 13.0 Å². The molecule has 7 nitrogen and oxygen atoms in total. The lowest BCUT2D eigenvalue weighted by atomic mass is 10.2. The van der Waals surface area contributed by atoms with E-state index in [1.807, 2.05) is 0 Å². The van der Waals surface area contributed by atoms with Gasteiger partial charge in [0.1, 0.15) is 12.2 Å². The summed E-state index contributed by atoms with van der Waals surface area (Å²) in [5, 5.41) is 14.9. The summed E-state index contributed by atoms with van der Waals surface area (Å²) in [5.41, 5.74) is 0. The van der Waals surface area contributed by atoms with Crippen LogP contribution in [0.2, 0.25) is 0 Å². The Morgan fingerprint density at radius 1 is 1.67 bits per heavy atom. The third-order valence-corrected chi connectivity index (χ3v) is 1.83. The fraction of sp³-hybridized carbons (Fsp3) is 0.500. The largest absolute Gasteiger partial charge is 0.481 e. The van der Waals surface area contributed by atoms with Crippen LogP contribution in [0.5, 0.6) is 0 Å². The summed E-state index contributed by atoms with van der Waals surface area (Å²) in [6, 6.07) is 0. The third-order valence-electron chi connectivity index (χ3n) is 1.83. The van der Waals surface area contributed by atoms with Crippen LogP contribution >= 0.6 is 0 Å². The maximum absolute atomic E-state index is 11.2. The molecular weight excluding hydrogens is 200 g/mol. The molecule has 1 aromatic heterocycles. The van der Waals surface area contributed by atoms with Gasteiger partial charge in [-0.15, -0.1) is 0 Å². The van der Waals surface area contributed by atoms with Crippen LogP contribution < -0.4 is 5.32 Å². The zero-order valence-electron chi connectivity index (χ0n) is 8.47. The Labute approximate surface area is 86.1 Å². The third kappa shape index (κ3) is 3.04. The number of carboxylic acid groups (broad SMARTS) is 1. The van der Waals surface area contributed by atoms with E-state index in [-0.39, 0.29) is 6.54 Å². The van der Waals surface area contributed by atoms with E-state index < -0.39 is 17.8 Å². The van der Waals surface area contributed by atoms with E-state index in [2.05, 4.69) is 15.4 Å². The van der Waals surface area contributed by atoms with E-state index >= 15 is 0 Å². The SMILES string of the molecule is CC(C(=O)O)C(=O)NCc1ncn(C)n1. The molecule has 0 aromatic carbocycles. The van der Waals surface area contributed by atoms with Gasteiger partial charge in [0.05, 0.1) is 6.54 Å². The number of aliphatic carboxylic acids is 1. The average molecular weight is 212 g/mol. The highest BCUT2D eigenvalue weighted by Gasteiger charge is 2.20. The molecule has 1 aromatic rings. The summed E-state index contributed by atoms with van der Waals surface area (Å²) in [6.07, 6.45) is 1.50. The molecule has 0 saturated carbocycles. The smallest absolute Gasteiger partial charge is 0.315 e. The molecule has 0 spiro atoms. The van der Waals surface area contributed by atoms with Gasteiger partial charge in [0.25, 0.3) is 0 Å². The van der Waals surface area contributed by atoms with Gasteiger partial charge in [0.15, 0.2) is 5.82 Å². The zero-order chi connectivity index (χ0) is 11.4. The molecule has 0 aliphatic rings. The molecule has 0 radical (unpaired) electrons. The Bertz CT molecular complexity index is 374. The molecule has 0 aliphatic heterocycles. The van der Waals surface area contributed by atoms with Crippen LogP contribution in [0.15, 0.2) is 6.33 Å². The quantitative estimate of drug-likeness (QED) is 0.634. The minimum absolute atomic E-state index is 0.136. The molecule has 0 bridgehead atoms. The summed E-state index contributed by atoms with van der Waals surface area (Å²) in [4.78, 5) is 25.6. The van der Waals surface area contributed by atoms with Gasteiger partial charge < -0.3 is 10.4 Å². The molecule has 1 heterocycles. The maximum Gasteiger partial charge on any atom is 0.315 e. The number of carbonyl (C=O) groups excluding carboxylic acids is 1. The molecule has 1 atom stereocenters. The van der Waals surface area contributed by atoms with Gasteiger partial charge in [-0.25, -0.2) is 4.98 Å². The Hall–Kier alpha value is -1.92. The van der Waals surface area contributed by atoms with E-state index in [0.29, 0.717) is 5.82 Å². The van der Waals surface area contributed by atoms with Crippen molar-refractivity contribution >= 4 is 11.9 Å². The summed E-state index contributed by atoms with van der Waals surface area (Å²) in [6.45, 7) is 1.46. The second-order valence-corrected chi connectivity index (χ2v) is 3.11. The van der Waals surface area contributed by atoms with Crippen molar-refractivity contribution in [3.8, 4) is 0 Å². The molecule has 0 fully saturated rings. The molecule has 0 saturated heterocycles. The molecule has 2 N–H and O–H groups in total. The minimum atomic E-state index is -1.15. The van der Waals surface area contributed by atoms with Crippen LogP contribution in [0, 0.1) is 5.92 Å². The number of carboxylic acids is 1. The van der Waals surface area contributed by atoms with Crippen LogP contribution in [0.1, 0.15) is 12.7 Å². The van der Waals surface area contributed by atoms with E-state index in [1.54, 1.807) is 7.05 Å². The zero-order valence-corrected chi connectivity index (χ0v) is 8.47. The highest BCUT2D eigenvalue weighted by Crippen LogP contribution is 1.95. The predicted octanol–water partition coefficient (Wildman–Crippen LogP) is -0.848.